The molecule has 0 spiro atoms. The van der Waals surface area contributed by atoms with E-state index in [1.54, 1.807) is 26.0 Å². The quantitative estimate of drug-likeness (QED) is 0.197. The van der Waals surface area contributed by atoms with E-state index in [9.17, 15) is 13.2 Å². The fourth-order valence-corrected chi connectivity index (χ4v) is 6.08. The summed E-state index contributed by atoms with van der Waals surface area (Å²) in [5.74, 6) is 0.954. The number of aryl methyl sites for hydroxylation is 3. The molecular formula is C29H26ClN7O3S2. The number of nitrogens with zero attached hydrogens (tertiary/aromatic N) is 5. The second-order valence-electron chi connectivity index (χ2n) is 9.37. The number of carbonyl (C=O) groups is 1. The number of benzene rings is 3. The monoisotopic (exact) mass is 619 g/mol. The Labute approximate surface area is 252 Å². The average Bonchev–Trinajstić information content (AvgIpc) is 3.36. The fraction of sp³-hybridized carbons (Fsp3) is 0.138. The normalized spacial score (nSPS) is 11.3. The summed E-state index contributed by atoms with van der Waals surface area (Å²) in [4.78, 5) is 21.1. The predicted molar refractivity (Wildman–Crippen MR) is 165 cm³/mol. The highest BCUT2D eigenvalue weighted by molar-refractivity contribution is 7.99. The van der Waals surface area contributed by atoms with Crippen LogP contribution in [0.4, 0.5) is 11.5 Å². The van der Waals surface area contributed by atoms with Gasteiger partial charge in [-0.05, 0) is 69.3 Å². The van der Waals surface area contributed by atoms with Gasteiger partial charge in [-0.2, -0.15) is 0 Å². The van der Waals surface area contributed by atoms with Crippen molar-refractivity contribution < 1.29 is 13.2 Å². The van der Waals surface area contributed by atoms with E-state index in [1.165, 1.54) is 36.0 Å². The molecule has 0 radical (unpaired) electrons. The Hall–Kier alpha value is -4.26. The van der Waals surface area contributed by atoms with Gasteiger partial charge in [-0.3, -0.25) is 14.1 Å². The molecule has 13 heteroatoms. The number of hydrogen-bond donors (Lipinski definition) is 2. The average molecular weight is 620 g/mol. The Kier molecular flexibility index (Phi) is 8.57. The third-order valence-electron chi connectivity index (χ3n) is 6.03. The summed E-state index contributed by atoms with van der Waals surface area (Å²) in [6.07, 6.45) is 0. The minimum Gasteiger partial charge on any atom is -0.325 e. The first-order valence-corrected chi connectivity index (χ1v) is 15.6. The first-order valence-electron chi connectivity index (χ1n) is 12.7. The second kappa shape index (κ2) is 12.3. The molecule has 42 heavy (non-hydrogen) atoms. The van der Waals surface area contributed by atoms with Gasteiger partial charge in [0, 0.05) is 28.7 Å². The lowest BCUT2D eigenvalue weighted by Crippen LogP contribution is -2.16. The van der Waals surface area contributed by atoms with Gasteiger partial charge >= 0.3 is 0 Å². The molecule has 214 valence electrons. The van der Waals surface area contributed by atoms with Gasteiger partial charge in [0.15, 0.2) is 11.0 Å². The maximum Gasteiger partial charge on any atom is 0.263 e. The van der Waals surface area contributed by atoms with E-state index in [-0.39, 0.29) is 22.4 Å². The summed E-state index contributed by atoms with van der Waals surface area (Å²) in [7, 11) is -3.88. The summed E-state index contributed by atoms with van der Waals surface area (Å²) in [6.45, 7) is 5.44. The largest absolute Gasteiger partial charge is 0.325 e. The van der Waals surface area contributed by atoms with Crippen molar-refractivity contribution in [2.45, 2.75) is 30.8 Å². The highest BCUT2D eigenvalue weighted by Gasteiger charge is 2.20. The topological polar surface area (TPSA) is 132 Å². The van der Waals surface area contributed by atoms with Gasteiger partial charge in [0.25, 0.3) is 10.0 Å². The molecule has 0 saturated heterocycles. The van der Waals surface area contributed by atoms with Crippen LogP contribution in [0.25, 0.3) is 17.1 Å². The van der Waals surface area contributed by atoms with Crippen molar-refractivity contribution in [3.8, 4) is 17.1 Å². The summed E-state index contributed by atoms with van der Waals surface area (Å²) < 4.78 is 30.0. The fourth-order valence-electron chi connectivity index (χ4n) is 4.12. The number of sulfonamides is 1. The molecule has 3 aromatic carbocycles. The van der Waals surface area contributed by atoms with Crippen LogP contribution < -0.4 is 10.0 Å². The van der Waals surface area contributed by atoms with Crippen molar-refractivity contribution in [1.29, 1.82) is 0 Å². The van der Waals surface area contributed by atoms with E-state index in [0.717, 1.165) is 16.8 Å². The number of halogens is 1. The molecule has 0 bridgehead atoms. The van der Waals surface area contributed by atoms with Crippen molar-refractivity contribution in [1.82, 2.24) is 24.7 Å². The van der Waals surface area contributed by atoms with Crippen LogP contribution in [0.15, 0.2) is 88.9 Å². The van der Waals surface area contributed by atoms with E-state index in [2.05, 4.69) is 30.2 Å². The van der Waals surface area contributed by atoms with Crippen LogP contribution in [-0.2, 0) is 14.8 Å². The minimum atomic E-state index is -3.88. The van der Waals surface area contributed by atoms with Crippen LogP contribution in [-0.4, -0.2) is 44.8 Å². The SMILES string of the molecule is Cc1ccc(-n2c(SCC(=O)Nc3ccc(S(=O)(=O)Nc4cc(C)nc(C)n4)cc3)nnc2-c2ccccc2Cl)cc1. The molecule has 0 unspecified atom stereocenters. The molecule has 5 aromatic rings. The Balaban J connectivity index is 1.29. The molecule has 2 heterocycles. The molecule has 0 aliphatic carbocycles. The maximum absolute atomic E-state index is 12.8. The molecule has 2 aromatic heterocycles. The Morgan fingerprint density at radius 2 is 1.64 bits per heavy atom. The molecule has 5 rings (SSSR count). The van der Waals surface area contributed by atoms with E-state index in [0.29, 0.717) is 33.2 Å². The van der Waals surface area contributed by atoms with Crippen LogP contribution >= 0.6 is 23.4 Å². The number of nitrogens with one attached hydrogen (secondary N) is 2. The Bertz CT molecular complexity index is 1840. The predicted octanol–water partition coefficient (Wildman–Crippen LogP) is 5.83. The van der Waals surface area contributed by atoms with Crippen LogP contribution in [0.2, 0.25) is 5.02 Å². The first-order chi connectivity index (χ1) is 20.1. The number of hydrogen-bond acceptors (Lipinski definition) is 8. The van der Waals surface area contributed by atoms with E-state index < -0.39 is 10.0 Å². The minimum absolute atomic E-state index is 0.0297. The zero-order valence-electron chi connectivity index (χ0n) is 22.9. The number of thioether (sulfide) groups is 1. The van der Waals surface area contributed by atoms with E-state index in [4.69, 9.17) is 11.6 Å². The third kappa shape index (κ3) is 6.78. The Morgan fingerprint density at radius 3 is 2.33 bits per heavy atom. The molecule has 2 N–H and O–H groups in total. The van der Waals surface area contributed by atoms with Gasteiger partial charge in [0.1, 0.15) is 11.6 Å². The molecule has 0 aliphatic heterocycles. The van der Waals surface area contributed by atoms with Crippen molar-refractivity contribution in [2.75, 3.05) is 15.8 Å². The molecular weight excluding hydrogens is 594 g/mol. The van der Waals surface area contributed by atoms with Crippen LogP contribution in [0.1, 0.15) is 17.1 Å². The first kappa shape index (κ1) is 29.2. The van der Waals surface area contributed by atoms with Gasteiger partial charge in [-0.25, -0.2) is 18.4 Å². The molecule has 0 fully saturated rings. The maximum atomic E-state index is 12.8. The van der Waals surface area contributed by atoms with Crippen molar-refractivity contribution in [2.24, 2.45) is 0 Å². The van der Waals surface area contributed by atoms with Gasteiger partial charge in [0.2, 0.25) is 5.91 Å². The van der Waals surface area contributed by atoms with Crippen molar-refractivity contribution >= 4 is 50.8 Å². The van der Waals surface area contributed by atoms with Gasteiger partial charge < -0.3 is 5.32 Å². The third-order valence-corrected chi connectivity index (χ3v) is 8.66. The van der Waals surface area contributed by atoms with E-state index in [1.807, 2.05) is 54.0 Å². The lowest BCUT2D eigenvalue weighted by atomic mass is 10.2. The zero-order chi connectivity index (χ0) is 29.9. The second-order valence-corrected chi connectivity index (χ2v) is 12.4. The molecule has 1 amide bonds. The number of rotatable bonds is 9. The summed E-state index contributed by atoms with van der Waals surface area (Å²) in [6, 6.07) is 22.7. The standard InChI is InChI=1S/C29H26ClN7O3S2/c1-18-8-12-22(13-9-18)37-28(24-6-4-5-7-25(24)30)34-35-29(37)41-17-27(38)33-21-10-14-23(15-11-21)42(39,40)36-26-16-19(2)31-20(3)32-26/h4-16H,17H2,1-3H3,(H,33,38)(H,31,32,36). The molecule has 0 aliphatic rings. The lowest BCUT2D eigenvalue weighted by Gasteiger charge is -2.12. The van der Waals surface area contributed by atoms with Crippen molar-refractivity contribution in [3.05, 3.63) is 101 Å². The number of anilines is 2. The van der Waals surface area contributed by atoms with E-state index >= 15 is 0 Å². The molecule has 0 atom stereocenters. The van der Waals surface area contributed by atoms with Gasteiger partial charge in [-0.1, -0.05) is 53.2 Å². The molecule has 10 nitrogen and oxygen atoms in total. The highest BCUT2D eigenvalue weighted by Crippen LogP contribution is 2.32. The summed E-state index contributed by atoms with van der Waals surface area (Å²) in [5.41, 5.74) is 3.76. The number of carbonyl (C=O) groups excluding carboxylic acids is 1. The Morgan fingerprint density at radius 1 is 0.929 bits per heavy atom. The van der Waals surface area contributed by atoms with Crippen LogP contribution in [0.5, 0.6) is 0 Å². The highest BCUT2D eigenvalue weighted by atomic mass is 35.5. The zero-order valence-corrected chi connectivity index (χ0v) is 25.3. The number of amides is 1. The van der Waals surface area contributed by atoms with Gasteiger partial charge in [-0.15, -0.1) is 10.2 Å². The summed E-state index contributed by atoms with van der Waals surface area (Å²) in [5, 5.41) is 12.6. The van der Waals surface area contributed by atoms with Crippen molar-refractivity contribution in [3.63, 3.8) is 0 Å². The van der Waals surface area contributed by atoms with Crippen LogP contribution in [0, 0.1) is 20.8 Å². The van der Waals surface area contributed by atoms with Gasteiger partial charge in [0.05, 0.1) is 15.7 Å². The smallest absolute Gasteiger partial charge is 0.263 e. The molecule has 0 saturated carbocycles. The van der Waals surface area contributed by atoms with Crippen LogP contribution in [0.3, 0.4) is 0 Å². The number of aromatic nitrogens is 5. The summed E-state index contributed by atoms with van der Waals surface area (Å²) >= 11 is 7.69. The lowest BCUT2D eigenvalue weighted by molar-refractivity contribution is -0.113.